The molecule has 1 saturated carbocycles. The van der Waals surface area contributed by atoms with Crippen LogP contribution in [-0.4, -0.2) is 35.6 Å². The Labute approximate surface area is 120 Å². The second kappa shape index (κ2) is 4.56. The minimum absolute atomic E-state index is 0.192. The fourth-order valence-electron chi connectivity index (χ4n) is 2.56. The Bertz CT molecular complexity index is 544. The number of hydrogen-bond donors (Lipinski definition) is 0. The fourth-order valence-corrected chi connectivity index (χ4v) is 3.96. The quantitative estimate of drug-likeness (QED) is 0.616. The molecule has 1 aromatic rings. The molecule has 108 valence electrons. The van der Waals surface area contributed by atoms with E-state index < -0.39 is 7.49 Å². The Balaban J connectivity index is 1.71. The van der Waals surface area contributed by atoms with E-state index in [1.54, 1.807) is 0 Å². The van der Waals surface area contributed by atoms with Gasteiger partial charge in [-0.3, -0.25) is 0 Å². The van der Waals surface area contributed by atoms with Gasteiger partial charge in [0.05, 0.1) is 0 Å². The SMILES string of the molecule is CC1(C)OB(c2cnn(C3CC(C#N)C3)c2)O[PH]1(C)C. The Morgan fingerprint density at radius 1 is 1.50 bits per heavy atom. The molecule has 0 bridgehead atoms. The first kappa shape index (κ1) is 14.1. The van der Waals surface area contributed by atoms with Gasteiger partial charge in [0, 0.05) is 0 Å². The van der Waals surface area contributed by atoms with Gasteiger partial charge >= 0.3 is 120 Å². The summed E-state index contributed by atoms with van der Waals surface area (Å²) in [5.74, 6) is 0.192. The maximum atomic E-state index is 8.83. The van der Waals surface area contributed by atoms with Crippen molar-refractivity contribution < 1.29 is 9.10 Å². The van der Waals surface area contributed by atoms with Crippen molar-refractivity contribution in [3.8, 4) is 6.07 Å². The van der Waals surface area contributed by atoms with Crippen molar-refractivity contribution in [2.75, 3.05) is 13.3 Å². The van der Waals surface area contributed by atoms with E-state index in [2.05, 4.69) is 38.3 Å². The van der Waals surface area contributed by atoms with Crippen LogP contribution in [0.1, 0.15) is 32.7 Å². The van der Waals surface area contributed by atoms with Gasteiger partial charge in [0.1, 0.15) is 0 Å². The average Bonchev–Trinajstić information content (AvgIpc) is 2.82. The molecule has 2 fully saturated rings. The molecule has 1 aromatic heterocycles. The zero-order valence-electron chi connectivity index (χ0n) is 12.5. The molecule has 0 atom stereocenters. The summed E-state index contributed by atoms with van der Waals surface area (Å²) in [6, 6.07) is 2.65. The molecule has 20 heavy (non-hydrogen) atoms. The van der Waals surface area contributed by atoms with Crippen LogP contribution in [-0.2, 0) is 9.10 Å². The van der Waals surface area contributed by atoms with Crippen LogP contribution in [0.25, 0.3) is 0 Å². The molecule has 1 aliphatic carbocycles. The Hall–Kier alpha value is -0.885. The van der Waals surface area contributed by atoms with E-state index in [0.717, 1.165) is 18.3 Å². The molecule has 1 saturated heterocycles. The van der Waals surface area contributed by atoms with Gasteiger partial charge in [-0.1, -0.05) is 0 Å². The average molecular weight is 293 g/mol. The summed E-state index contributed by atoms with van der Waals surface area (Å²) in [4.78, 5) is 0. The van der Waals surface area contributed by atoms with E-state index in [9.17, 15) is 0 Å². The van der Waals surface area contributed by atoms with Crippen molar-refractivity contribution in [3.05, 3.63) is 12.4 Å². The molecule has 3 rings (SSSR count). The third kappa shape index (κ3) is 2.18. The van der Waals surface area contributed by atoms with Crippen LogP contribution in [0.15, 0.2) is 12.4 Å². The molecule has 0 unspecified atom stereocenters. The summed E-state index contributed by atoms with van der Waals surface area (Å²) in [6.45, 7) is 8.57. The Kier molecular flexibility index (Phi) is 3.21. The molecule has 0 N–H and O–H groups in total. The summed E-state index contributed by atoms with van der Waals surface area (Å²) in [7, 11) is -2.14. The first-order chi connectivity index (χ1) is 9.32. The molecular weight excluding hydrogens is 272 g/mol. The third-order valence-corrected chi connectivity index (χ3v) is 8.64. The molecule has 5 nitrogen and oxygen atoms in total. The van der Waals surface area contributed by atoms with Gasteiger partial charge in [0.2, 0.25) is 0 Å². The summed E-state index contributed by atoms with van der Waals surface area (Å²) in [5.41, 5.74) is 0.983. The van der Waals surface area contributed by atoms with Gasteiger partial charge in [0.25, 0.3) is 0 Å². The zero-order chi connectivity index (χ0) is 14.5. The van der Waals surface area contributed by atoms with E-state index in [4.69, 9.17) is 14.4 Å². The predicted octanol–water partition coefficient (Wildman–Crippen LogP) is 1.76. The van der Waals surface area contributed by atoms with Crippen molar-refractivity contribution in [2.45, 2.75) is 38.1 Å². The van der Waals surface area contributed by atoms with Crippen molar-refractivity contribution in [2.24, 2.45) is 5.92 Å². The minimum atomic E-state index is -1.84. The fraction of sp³-hybridized carbons (Fsp3) is 0.692. The van der Waals surface area contributed by atoms with Gasteiger partial charge in [-0.15, -0.1) is 0 Å². The van der Waals surface area contributed by atoms with Crippen molar-refractivity contribution in [1.29, 1.82) is 5.26 Å². The van der Waals surface area contributed by atoms with Gasteiger partial charge in [-0.2, -0.15) is 0 Å². The van der Waals surface area contributed by atoms with Crippen LogP contribution in [0.4, 0.5) is 0 Å². The topological polar surface area (TPSA) is 60.1 Å². The molecular formula is C13H21BN3O2P. The van der Waals surface area contributed by atoms with E-state index >= 15 is 0 Å². The normalized spacial score (nSPS) is 32.5. The zero-order valence-corrected chi connectivity index (χ0v) is 13.5. The van der Waals surface area contributed by atoms with Crippen LogP contribution < -0.4 is 5.46 Å². The molecule has 0 spiro atoms. The molecule has 0 aromatic carbocycles. The van der Waals surface area contributed by atoms with Gasteiger partial charge < -0.3 is 0 Å². The maximum absolute atomic E-state index is 8.83. The second-order valence-corrected chi connectivity index (χ2v) is 11.3. The first-order valence-corrected chi connectivity index (χ1v) is 10.0. The third-order valence-electron chi connectivity index (χ3n) is 4.82. The molecule has 7 heteroatoms. The van der Waals surface area contributed by atoms with E-state index in [-0.39, 0.29) is 18.4 Å². The molecule has 0 radical (unpaired) electrons. The van der Waals surface area contributed by atoms with Gasteiger partial charge in [-0.05, 0) is 0 Å². The van der Waals surface area contributed by atoms with Crippen LogP contribution in [0.3, 0.4) is 0 Å². The van der Waals surface area contributed by atoms with Gasteiger partial charge in [-0.25, -0.2) is 0 Å². The Morgan fingerprint density at radius 3 is 2.75 bits per heavy atom. The van der Waals surface area contributed by atoms with Crippen LogP contribution in [0.5, 0.6) is 0 Å². The molecule has 1 aliphatic heterocycles. The number of nitrogens with zero attached hydrogens (tertiary/aromatic N) is 3. The second-order valence-electron chi connectivity index (χ2n) is 6.79. The van der Waals surface area contributed by atoms with Gasteiger partial charge in [0.15, 0.2) is 0 Å². The van der Waals surface area contributed by atoms with Crippen molar-refractivity contribution >= 4 is 20.1 Å². The Morgan fingerprint density at radius 2 is 2.20 bits per heavy atom. The molecule has 2 aliphatic rings. The van der Waals surface area contributed by atoms with Crippen molar-refractivity contribution in [3.63, 3.8) is 0 Å². The number of rotatable bonds is 2. The number of nitriles is 1. The number of hydrogen-bond acceptors (Lipinski definition) is 4. The monoisotopic (exact) mass is 293 g/mol. The summed E-state index contributed by atoms with van der Waals surface area (Å²) in [5, 5.41) is 13.0. The first-order valence-electron chi connectivity index (χ1n) is 7.12. The van der Waals surface area contributed by atoms with Crippen molar-refractivity contribution in [1.82, 2.24) is 9.78 Å². The summed E-state index contributed by atoms with van der Waals surface area (Å²) in [6.07, 6.45) is 5.64. The van der Waals surface area contributed by atoms with Crippen LogP contribution in [0.2, 0.25) is 0 Å². The number of aromatic nitrogens is 2. The van der Waals surface area contributed by atoms with Crippen LogP contribution >= 0.6 is 7.49 Å². The van der Waals surface area contributed by atoms with E-state index in [1.807, 2.05) is 17.1 Å². The van der Waals surface area contributed by atoms with E-state index in [0.29, 0.717) is 6.04 Å². The van der Waals surface area contributed by atoms with E-state index in [1.165, 1.54) is 0 Å². The summed E-state index contributed by atoms with van der Waals surface area (Å²) < 4.78 is 14.2. The molecule has 0 amide bonds. The summed E-state index contributed by atoms with van der Waals surface area (Å²) >= 11 is 0. The van der Waals surface area contributed by atoms with Crippen LogP contribution in [0, 0.1) is 17.2 Å². The molecule has 2 heterocycles. The standard InChI is InChI=1S/C13H21BN3O2P/c1-13(2)18-14(19-20(13,3)4)11-8-16-17(9-11)12-5-10(6-12)7-15/h8-10,12,20H,5-6H2,1-4H3. The predicted molar refractivity (Wildman–Crippen MR) is 81.4 cm³/mol.